The van der Waals surface area contributed by atoms with Crippen LogP contribution in [0, 0.1) is 0 Å². The molecule has 16 heavy (non-hydrogen) atoms. The summed E-state index contributed by atoms with van der Waals surface area (Å²) in [7, 11) is 1.55. The molecule has 0 aliphatic rings. The second kappa shape index (κ2) is 5.21. The van der Waals surface area contributed by atoms with Crippen molar-refractivity contribution in [3.05, 3.63) is 11.9 Å². The van der Waals surface area contributed by atoms with Gasteiger partial charge < -0.3 is 4.74 Å². The van der Waals surface area contributed by atoms with Crippen molar-refractivity contribution in [2.75, 3.05) is 7.11 Å². The number of rotatable bonds is 6. The summed E-state index contributed by atoms with van der Waals surface area (Å²) in [5.74, 6) is -0.0593. The van der Waals surface area contributed by atoms with E-state index in [1.165, 1.54) is 6.20 Å². The van der Waals surface area contributed by atoms with Gasteiger partial charge in [-0.2, -0.15) is 0 Å². The average Bonchev–Trinajstić information content (AvgIpc) is 2.75. The first-order valence-corrected chi connectivity index (χ1v) is 5.57. The van der Waals surface area contributed by atoms with Crippen molar-refractivity contribution >= 4 is 5.78 Å². The molecule has 1 rings (SSSR count). The van der Waals surface area contributed by atoms with Gasteiger partial charge in [0.1, 0.15) is 11.3 Å². The van der Waals surface area contributed by atoms with Gasteiger partial charge in [0.15, 0.2) is 0 Å². The van der Waals surface area contributed by atoms with E-state index in [1.807, 2.05) is 13.8 Å². The summed E-state index contributed by atoms with van der Waals surface area (Å²) in [5, 5.41) is 7.68. The molecule has 1 aromatic heterocycles. The van der Waals surface area contributed by atoms with Gasteiger partial charge in [-0.1, -0.05) is 19.1 Å². The summed E-state index contributed by atoms with van der Waals surface area (Å²) in [4.78, 5) is 12.3. The Hall–Kier alpha value is -1.23. The van der Waals surface area contributed by atoms with Crippen molar-refractivity contribution in [2.45, 2.75) is 45.8 Å². The predicted molar refractivity (Wildman–Crippen MR) is 60.3 cm³/mol. The van der Waals surface area contributed by atoms with Crippen molar-refractivity contribution in [2.24, 2.45) is 0 Å². The average molecular weight is 225 g/mol. The van der Waals surface area contributed by atoms with Gasteiger partial charge >= 0.3 is 0 Å². The minimum absolute atomic E-state index is 0.0593. The van der Waals surface area contributed by atoms with Gasteiger partial charge in [0.05, 0.1) is 6.20 Å². The molecule has 0 N–H and O–H groups in total. The molecule has 0 fully saturated rings. The van der Waals surface area contributed by atoms with E-state index in [1.54, 1.807) is 18.7 Å². The summed E-state index contributed by atoms with van der Waals surface area (Å²) in [6, 6.07) is 0. The van der Waals surface area contributed by atoms with E-state index in [0.29, 0.717) is 18.7 Å². The van der Waals surface area contributed by atoms with Crippen LogP contribution in [0.25, 0.3) is 0 Å². The van der Waals surface area contributed by atoms with Crippen LogP contribution in [-0.2, 0) is 11.3 Å². The molecule has 90 valence electrons. The van der Waals surface area contributed by atoms with E-state index in [9.17, 15) is 4.79 Å². The number of nitrogens with zero attached hydrogens (tertiary/aromatic N) is 3. The van der Waals surface area contributed by atoms with Gasteiger partial charge in [0.2, 0.25) is 5.78 Å². The van der Waals surface area contributed by atoms with Crippen LogP contribution in [0.1, 0.15) is 44.1 Å². The first-order chi connectivity index (χ1) is 7.59. The van der Waals surface area contributed by atoms with Gasteiger partial charge in [-0.15, -0.1) is 5.10 Å². The van der Waals surface area contributed by atoms with Crippen LogP contribution in [0.15, 0.2) is 6.20 Å². The van der Waals surface area contributed by atoms with Crippen LogP contribution < -0.4 is 0 Å². The van der Waals surface area contributed by atoms with Gasteiger partial charge in [0.25, 0.3) is 0 Å². The highest BCUT2D eigenvalue weighted by Crippen LogP contribution is 2.20. The quantitative estimate of drug-likeness (QED) is 0.691. The smallest absolute Gasteiger partial charge is 0.213 e. The van der Waals surface area contributed by atoms with E-state index >= 15 is 0 Å². The topological polar surface area (TPSA) is 57.0 Å². The van der Waals surface area contributed by atoms with Gasteiger partial charge in [-0.05, 0) is 19.8 Å². The first-order valence-electron chi connectivity index (χ1n) is 5.57. The zero-order valence-corrected chi connectivity index (χ0v) is 10.4. The molecule has 0 aliphatic carbocycles. The maximum Gasteiger partial charge on any atom is 0.213 e. The molecule has 0 bridgehead atoms. The van der Waals surface area contributed by atoms with Crippen molar-refractivity contribution in [1.82, 2.24) is 15.0 Å². The van der Waals surface area contributed by atoms with Crippen LogP contribution in [-0.4, -0.2) is 33.5 Å². The van der Waals surface area contributed by atoms with Crippen molar-refractivity contribution in [3.8, 4) is 0 Å². The molecule has 0 spiro atoms. The lowest BCUT2D eigenvalue weighted by atomic mass is 9.95. The van der Waals surface area contributed by atoms with E-state index < -0.39 is 5.60 Å². The fourth-order valence-corrected chi connectivity index (χ4v) is 1.48. The third kappa shape index (κ3) is 2.29. The number of aromatic nitrogens is 3. The highest BCUT2D eigenvalue weighted by molar-refractivity contribution is 6.00. The van der Waals surface area contributed by atoms with Crippen LogP contribution in [0.3, 0.4) is 0 Å². The fraction of sp³-hybridized carbons (Fsp3) is 0.727. The normalized spacial score (nSPS) is 14.8. The lowest BCUT2D eigenvalue weighted by Gasteiger charge is -2.24. The molecule has 0 saturated carbocycles. The molecule has 0 aromatic carbocycles. The Balaban J connectivity index is 2.99. The van der Waals surface area contributed by atoms with Gasteiger partial charge in [-0.25, -0.2) is 4.68 Å². The Morgan fingerprint density at radius 2 is 2.25 bits per heavy atom. The number of Topliss-reactive ketones (excluding diaryl/α,β-unsaturated/α-hetero) is 1. The molecular formula is C11H19N3O2. The molecule has 5 heteroatoms. The summed E-state index contributed by atoms with van der Waals surface area (Å²) in [6.07, 6.45) is 3.05. The van der Waals surface area contributed by atoms with Gasteiger partial charge in [0, 0.05) is 13.7 Å². The minimum Gasteiger partial charge on any atom is -0.370 e. The first kappa shape index (κ1) is 12.8. The Labute approximate surface area is 95.8 Å². The number of methoxy groups -OCH3 is 1. The minimum atomic E-state index is -0.785. The largest absolute Gasteiger partial charge is 0.370 e. The van der Waals surface area contributed by atoms with E-state index in [-0.39, 0.29) is 5.78 Å². The SMILES string of the molecule is CCCn1nncc1C(=O)C(C)(CC)OC. The summed E-state index contributed by atoms with van der Waals surface area (Å²) >= 11 is 0. The number of aryl methyl sites for hydroxylation is 1. The molecule has 1 aromatic rings. The van der Waals surface area contributed by atoms with Crippen LogP contribution in [0.4, 0.5) is 0 Å². The van der Waals surface area contributed by atoms with Crippen molar-refractivity contribution < 1.29 is 9.53 Å². The molecule has 1 unspecified atom stereocenters. The Bertz CT molecular complexity index is 356. The fourth-order valence-electron chi connectivity index (χ4n) is 1.48. The molecular weight excluding hydrogens is 206 g/mol. The monoisotopic (exact) mass is 225 g/mol. The van der Waals surface area contributed by atoms with Crippen molar-refractivity contribution in [1.29, 1.82) is 0 Å². The molecule has 5 nitrogen and oxygen atoms in total. The zero-order chi connectivity index (χ0) is 12.2. The number of ketones is 1. The second-order valence-electron chi connectivity index (χ2n) is 3.96. The maximum atomic E-state index is 12.3. The third-order valence-electron chi connectivity index (χ3n) is 2.89. The molecule has 0 saturated heterocycles. The van der Waals surface area contributed by atoms with Crippen LogP contribution in [0.5, 0.6) is 0 Å². The predicted octanol–water partition coefficient (Wildman–Crippen LogP) is 1.69. The standard InChI is InChI=1S/C11H19N3O2/c1-5-7-14-9(8-12-13-14)10(15)11(3,6-2)16-4/h8H,5-7H2,1-4H3. The van der Waals surface area contributed by atoms with Crippen LogP contribution in [0.2, 0.25) is 0 Å². The number of ether oxygens (including phenoxy) is 1. The van der Waals surface area contributed by atoms with Crippen molar-refractivity contribution in [3.63, 3.8) is 0 Å². The Morgan fingerprint density at radius 1 is 1.56 bits per heavy atom. The van der Waals surface area contributed by atoms with Crippen LogP contribution >= 0.6 is 0 Å². The van der Waals surface area contributed by atoms with E-state index in [2.05, 4.69) is 10.3 Å². The number of hydrogen-bond acceptors (Lipinski definition) is 4. The molecule has 1 heterocycles. The second-order valence-corrected chi connectivity index (χ2v) is 3.96. The molecule has 1 atom stereocenters. The third-order valence-corrected chi connectivity index (χ3v) is 2.89. The zero-order valence-electron chi connectivity index (χ0n) is 10.4. The number of hydrogen-bond donors (Lipinski definition) is 0. The lowest BCUT2D eigenvalue weighted by Crippen LogP contribution is -2.38. The number of carbonyl (C=O) groups is 1. The van der Waals surface area contributed by atoms with E-state index in [4.69, 9.17) is 4.74 Å². The lowest BCUT2D eigenvalue weighted by molar-refractivity contribution is 0.00969. The maximum absolute atomic E-state index is 12.3. The summed E-state index contributed by atoms with van der Waals surface area (Å²) in [6.45, 7) is 6.45. The molecule has 0 radical (unpaired) electrons. The molecule has 0 aliphatic heterocycles. The molecule has 0 amide bonds. The summed E-state index contributed by atoms with van der Waals surface area (Å²) < 4.78 is 6.92. The Morgan fingerprint density at radius 3 is 2.75 bits per heavy atom. The Kier molecular flexibility index (Phi) is 4.18. The number of carbonyl (C=O) groups excluding carboxylic acids is 1. The highest BCUT2D eigenvalue weighted by Gasteiger charge is 2.34. The highest BCUT2D eigenvalue weighted by atomic mass is 16.5. The van der Waals surface area contributed by atoms with Gasteiger partial charge in [-0.3, -0.25) is 4.79 Å². The van der Waals surface area contributed by atoms with E-state index in [0.717, 1.165) is 6.42 Å². The summed E-state index contributed by atoms with van der Waals surface area (Å²) in [5.41, 5.74) is -0.263.